The highest BCUT2D eigenvalue weighted by Crippen LogP contribution is 2.26. The van der Waals surface area contributed by atoms with E-state index in [1.54, 1.807) is 6.08 Å². The normalized spacial score (nSPS) is 23.8. The molecular weight excluding hydrogens is 244 g/mol. The monoisotopic (exact) mass is 260 g/mol. The Bertz CT molecular complexity index is 573. The molecule has 1 aliphatic heterocycles. The zero-order valence-electron chi connectivity index (χ0n) is 10.5. The Labute approximate surface area is 110 Å². The van der Waals surface area contributed by atoms with Crippen molar-refractivity contribution in [3.63, 3.8) is 0 Å². The number of carbonyl (C=O) groups is 2. The van der Waals surface area contributed by atoms with Gasteiger partial charge in [-0.1, -0.05) is 6.08 Å². The summed E-state index contributed by atoms with van der Waals surface area (Å²) in [5, 5.41) is 10.5. The lowest BCUT2D eigenvalue weighted by atomic mass is 9.98. The van der Waals surface area contributed by atoms with Gasteiger partial charge in [-0.3, -0.25) is 14.7 Å². The zero-order chi connectivity index (χ0) is 13.4. The standard InChI is InChI=1S/C13H16N4O2/c14-7-3-8(18)5-12(19)9(4-7)13-10-6-15-2-1-11(10)16-17-13/h4,7,15H,1-3,5-6,14H2,(H,16,17). The third-order valence-corrected chi connectivity index (χ3v) is 3.56. The molecule has 0 fully saturated rings. The highest BCUT2D eigenvalue weighted by Gasteiger charge is 2.27. The van der Waals surface area contributed by atoms with Crippen molar-refractivity contribution < 1.29 is 9.59 Å². The Kier molecular flexibility index (Phi) is 3.04. The van der Waals surface area contributed by atoms with E-state index in [-0.39, 0.29) is 24.4 Å². The van der Waals surface area contributed by atoms with Crippen LogP contribution in [0.25, 0.3) is 5.57 Å². The molecular formula is C13H16N4O2. The summed E-state index contributed by atoms with van der Waals surface area (Å²) < 4.78 is 0. The van der Waals surface area contributed by atoms with E-state index in [1.165, 1.54) is 0 Å². The van der Waals surface area contributed by atoms with Crippen LogP contribution in [-0.4, -0.2) is 34.4 Å². The van der Waals surface area contributed by atoms with Crippen LogP contribution in [0.3, 0.4) is 0 Å². The zero-order valence-corrected chi connectivity index (χ0v) is 10.5. The number of ketones is 2. The lowest BCUT2D eigenvalue weighted by Crippen LogP contribution is -2.24. The molecule has 0 bridgehead atoms. The van der Waals surface area contributed by atoms with E-state index in [9.17, 15) is 9.59 Å². The van der Waals surface area contributed by atoms with Crippen LogP contribution in [0.4, 0.5) is 0 Å². The van der Waals surface area contributed by atoms with Crippen molar-refractivity contribution in [2.24, 2.45) is 5.73 Å². The van der Waals surface area contributed by atoms with Crippen molar-refractivity contribution in [1.82, 2.24) is 15.5 Å². The SMILES string of the molecule is NC1C=C(c2n[nH]c3c2CNCC3)C(=O)CC(=O)C1. The van der Waals surface area contributed by atoms with Crippen LogP contribution < -0.4 is 11.1 Å². The number of aromatic amines is 1. The molecule has 6 nitrogen and oxygen atoms in total. The summed E-state index contributed by atoms with van der Waals surface area (Å²) in [5.41, 5.74) is 9.08. The number of rotatable bonds is 1. The summed E-state index contributed by atoms with van der Waals surface area (Å²) in [7, 11) is 0. The molecule has 6 heteroatoms. The number of hydrogen-bond acceptors (Lipinski definition) is 5. The smallest absolute Gasteiger partial charge is 0.172 e. The first kappa shape index (κ1) is 12.3. The van der Waals surface area contributed by atoms with Crippen LogP contribution in [0, 0.1) is 0 Å². The van der Waals surface area contributed by atoms with Gasteiger partial charge in [-0.25, -0.2) is 0 Å². The molecule has 0 saturated carbocycles. The van der Waals surface area contributed by atoms with Crippen LogP contribution in [0.5, 0.6) is 0 Å². The van der Waals surface area contributed by atoms with Crippen LogP contribution in [0.2, 0.25) is 0 Å². The molecule has 2 aliphatic rings. The number of aromatic nitrogens is 2. The van der Waals surface area contributed by atoms with Gasteiger partial charge in [-0.15, -0.1) is 0 Å². The van der Waals surface area contributed by atoms with E-state index in [0.717, 1.165) is 24.2 Å². The Morgan fingerprint density at radius 2 is 2.21 bits per heavy atom. The van der Waals surface area contributed by atoms with Crippen molar-refractivity contribution in [2.45, 2.75) is 31.8 Å². The third-order valence-electron chi connectivity index (χ3n) is 3.56. The van der Waals surface area contributed by atoms with Gasteiger partial charge in [0.1, 0.15) is 11.5 Å². The average Bonchev–Trinajstić information content (AvgIpc) is 2.73. The fraction of sp³-hybridized carbons (Fsp3) is 0.462. The van der Waals surface area contributed by atoms with Crippen LogP contribution >= 0.6 is 0 Å². The number of H-pyrrole nitrogens is 1. The number of fused-ring (bicyclic) bond motifs is 1. The maximum Gasteiger partial charge on any atom is 0.172 e. The number of nitrogens with one attached hydrogen (secondary N) is 2. The van der Waals surface area contributed by atoms with Crippen molar-refractivity contribution in [1.29, 1.82) is 0 Å². The van der Waals surface area contributed by atoms with Crippen molar-refractivity contribution in [3.05, 3.63) is 23.0 Å². The minimum absolute atomic E-state index is 0.0748. The minimum atomic E-state index is -0.405. The van der Waals surface area contributed by atoms with Crippen molar-refractivity contribution in [2.75, 3.05) is 6.54 Å². The van der Waals surface area contributed by atoms with E-state index in [4.69, 9.17) is 5.73 Å². The quantitative estimate of drug-likeness (QED) is 0.602. The molecule has 1 aliphatic carbocycles. The largest absolute Gasteiger partial charge is 0.324 e. The van der Waals surface area contributed by atoms with Crippen LogP contribution in [-0.2, 0) is 22.6 Å². The molecule has 0 amide bonds. The lowest BCUT2D eigenvalue weighted by molar-refractivity contribution is -0.124. The van der Waals surface area contributed by atoms with Crippen LogP contribution in [0.1, 0.15) is 29.8 Å². The molecule has 1 aromatic heterocycles. The maximum atomic E-state index is 12.1. The van der Waals surface area contributed by atoms with Gasteiger partial charge in [0.2, 0.25) is 0 Å². The summed E-state index contributed by atoms with van der Waals surface area (Å²) in [5.74, 6) is -0.288. The summed E-state index contributed by atoms with van der Waals surface area (Å²) >= 11 is 0. The second-order valence-corrected chi connectivity index (χ2v) is 5.04. The number of carbonyl (C=O) groups excluding carboxylic acids is 2. The van der Waals surface area contributed by atoms with Crippen molar-refractivity contribution in [3.8, 4) is 0 Å². The summed E-state index contributed by atoms with van der Waals surface area (Å²) in [6.45, 7) is 1.59. The molecule has 0 saturated heterocycles. The molecule has 1 atom stereocenters. The second kappa shape index (κ2) is 4.71. The van der Waals surface area contributed by atoms with E-state index >= 15 is 0 Å². The first-order chi connectivity index (χ1) is 9.15. The van der Waals surface area contributed by atoms with Gasteiger partial charge < -0.3 is 11.1 Å². The second-order valence-electron chi connectivity index (χ2n) is 5.04. The van der Waals surface area contributed by atoms with Crippen LogP contribution in [0.15, 0.2) is 6.08 Å². The van der Waals surface area contributed by atoms with Gasteiger partial charge in [-0.2, -0.15) is 5.10 Å². The number of nitrogens with two attached hydrogens (primary N) is 1. The first-order valence-electron chi connectivity index (χ1n) is 6.44. The Morgan fingerprint density at radius 1 is 1.37 bits per heavy atom. The number of Topliss-reactive ketones (excluding diaryl/α,β-unsaturated/α-hetero) is 2. The maximum absolute atomic E-state index is 12.1. The molecule has 1 aromatic rings. The summed E-state index contributed by atoms with van der Waals surface area (Å²) in [4.78, 5) is 23.7. The van der Waals surface area contributed by atoms with Gasteiger partial charge in [-0.05, 0) is 0 Å². The van der Waals surface area contributed by atoms with E-state index in [2.05, 4.69) is 15.5 Å². The molecule has 3 rings (SSSR count). The highest BCUT2D eigenvalue weighted by atomic mass is 16.1. The van der Waals surface area contributed by atoms with Gasteiger partial charge in [0, 0.05) is 48.8 Å². The van der Waals surface area contributed by atoms with E-state index < -0.39 is 6.04 Å². The average molecular weight is 260 g/mol. The summed E-state index contributed by atoms with van der Waals surface area (Å²) in [6.07, 6.45) is 2.70. The molecule has 0 radical (unpaired) electrons. The van der Waals surface area contributed by atoms with Gasteiger partial charge in [0.05, 0.1) is 6.42 Å². The minimum Gasteiger partial charge on any atom is -0.324 e. The topological polar surface area (TPSA) is 101 Å². The predicted octanol–water partition coefficient (Wildman–Crippen LogP) is -0.302. The lowest BCUT2D eigenvalue weighted by Gasteiger charge is -2.13. The molecule has 2 heterocycles. The van der Waals surface area contributed by atoms with E-state index in [1.807, 2.05) is 0 Å². The predicted molar refractivity (Wildman–Crippen MR) is 69.2 cm³/mol. The first-order valence-corrected chi connectivity index (χ1v) is 6.44. The molecule has 100 valence electrons. The molecule has 4 N–H and O–H groups in total. The third kappa shape index (κ3) is 2.24. The molecule has 19 heavy (non-hydrogen) atoms. The highest BCUT2D eigenvalue weighted by molar-refractivity contribution is 6.26. The fourth-order valence-corrected chi connectivity index (χ4v) is 2.63. The van der Waals surface area contributed by atoms with Crippen molar-refractivity contribution >= 4 is 17.1 Å². The van der Waals surface area contributed by atoms with Gasteiger partial charge in [0.25, 0.3) is 0 Å². The Hall–Kier alpha value is -1.79. The Balaban J connectivity index is 2.02. The molecule has 1 unspecified atom stereocenters. The van der Waals surface area contributed by atoms with Gasteiger partial charge in [0.15, 0.2) is 5.78 Å². The number of nitrogens with zero attached hydrogens (tertiary/aromatic N) is 1. The Morgan fingerprint density at radius 3 is 3.05 bits per heavy atom. The molecule has 0 aromatic carbocycles. The van der Waals surface area contributed by atoms with E-state index in [0.29, 0.717) is 17.8 Å². The fourth-order valence-electron chi connectivity index (χ4n) is 2.63. The van der Waals surface area contributed by atoms with Gasteiger partial charge >= 0.3 is 0 Å². The molecule has 0 spiro atoms. The number of allylic oxidation sites excluding steroid dienone is 1. The summed E-state index contributed by atoms with van der Waals surface area (Å²) in [6, 6.07) is -0.405. The number of hydrogen-bond donors (Lipinski definition) is 3.